The van der Waals surface area contributed by atoms with Gasteiger partial charge in [0.05, 0.1) is 10.6 Å². The molecule has 0 bridgehead atoms. The van der Waals surface area contributed by atoms with Gasteiger partial charge in [-0.1, -0.05) is 13.8 Å². The molecule has 1 amide bonds. The van der Waals surface area contributed by atoms with E-state index in [0.717, 1.165) is 0 Å². The molecule has 0 saturated heterocycles. The van der Waals surface area contributed by atoms with E-state index in [9.17, 15) is 9.18 Å². The third kappa shape index (κ3) is 2.72. The van der Waals surface area contributed by atoms with Crippen molar-refractivity contribution in [2.75, 3.05) is 11.9 Å². The summed E-state index contributed by atoms with van der Waals surface area (Å²) >= 11 is 3.09. The zero-order chi connectivity index (χ0) is 15.8. The van der Waals surface area contributed by atoms with Gasteiger partial charge in [0.15, 0.2) is 0 Å². The topological polar surface area (TPSA) is 64.3 Å². The number of anilines is 1. The van der Waals surface area contributed by atoms with Crippen molar-refractivity contribution < 1.29 is 13.9 Å². The molecule has 2 rings (SSSR count). The molecule has 0 heterocycles. The second-order valence-corrected chi connectivity index (χ2v) is 6.78. The van der Waals surface area contributed by atoms with Gasteiger partial charge in [0.25, 0.3) is 0 Å². The van der Waals surface area contributed by atoms with Crippen molar-refractivity contribution in [2.45, 2.75) is 38.8 Å². The van der Waals surface area contributed by atoms with E-state index in [0.29, 0.717) is 23.2 Å². The van der Waals surface area contributed by atoms with Crippen LogP contribution in [0.25, 0.3) is 0 Å². The Morgan fingerprint density at radius 1 is 1.57 bits per heavy atom. The molecule has 0 aliphatic heterocycles. The van der Waals surface area contributed by atoms with Crippen LogP contribution in [0.2, 0.25) is 0 Å². The van der Waals surface area contributed by atoms with Crippen LogP contribution in [0.15, 0.2) is 22.7 Å². The van der Waals surface area contributed by atoms with Gasteiger partial charge >= 0.3 is 0 Å². The Kier molecular flexibility index (Phi) is 4.42. The Balaban J connectivity index is 2.12. The van der Waals surface area contributed by atoms with Crippen LogP contribution in [-0.4, -0.2) is 24.2 Å². The fourth-order valence-corrected chi connectivity index (χ4v) is 3.02. The Morgan fingerprint density at radius 3 is 2.76 bits per heavy atom. The minimum Gasteiger partial charge on any atom is -0.378 e. The molecular formula is C15H20BrFN2O2. The first kappa shape index (κ1) is 16.4. The molecule has 1 saturated carbocycles. The summed E-state index contributed by atoms with van der Waals surface area (Å²) in [6.45, 7) is 6.37. The molecule has 6 heteroatoms. The highest BCUT2D eigenvalue weighted by Gasteiger charge is 2.62. The molecule has 21 heavy (non-hydrogen) atoms. The van der Waals surface area contributed by atoms with E-state index in [-0.39, 0.29) is 17.8 Å². The van der Waals surface area contributed by atoms with Crippen molar-refractivity contribution in [1.82, 2.24) is 0 Å². The van der Waals surface area contributed by atoms with Crippen LogP contribution >= 0.6 is 15.9 Å². The summed E-state index contributed by atoms with van der Waals surface area (Å²) in [4.78, 5) is 12.5. The van der Waals surface area contributed by atoms with Gasteiger partial charge in [-0.15, -0.1) is 0 Å². The van der Waals surface area contributed by atoms with Crippen LogP contribution in [0.3, 0.4) is 0 Å². The van der Waals surface area contributed by atoms with E-state index < -0.39 is 11.0 Å². The van der Waals surface area contributed by atoms with Crippen molar-refractivity contribution >= 4 is 27.5 Å². The summed E-state index contributed by atoms with van der Waals surface area (Å²) in [6.07, 6.45) is 0.445. The molecule has 2 unspecified atom stereocenters. The minimum absolute atomic E-state index is 0.0294. The first-order chi connectivity index (χ1) is 9.72. The predicted octanol–water partition coefficient (Wildman–Crippen LogP) is 3.06. The van der Waals surface area contributed by atoms with Crippen molar-refractivity contribution in [2.24, 2.45) is 11.1 Å². The fraction of sp³-hybridized carbons (Fsp3) is 0.533. The molecule has 1 fully saturated rings. The molecule has 116 valence electrons. The van der Waals surface area contributed by atoms with Crippen molar-refractivity contribution in [3.05, 3.63) is 28.5 Å². The SMILES string of the molecule is CCOC1CC(N)(C(=O)Nc2ccc(F)c(Br)c2)C1(C)C. The van der Waals surface area contributed by atoms with Gasteiger partial charge in [-0.2, -0.15) is 0 Å². The molecule has 3 N–H and O–H groups in total. The highest BCUT2D eigenvalue weighted by atomic mass is 79.9. The molecule has 1 aliphatic carbocycles. The monoisotopic (exact) mass is 358 g/mol. The normalized spacial score (nSPS) is 27.0. The highest BCUT2D eigenvalue weighted by molar-refractivity contribution is 9.10. The number of ether oxygens (including phenoxy) is 1. The lowest BCUT2D eigenvalue weighted by Gasteiger charge is -2.57. The number of carbonyl (C=O) groups excluding carboxylic acids is 1. The van der Waals surface area contributed by atoms with Crippen LogP contribution in [-0.2, 0) is 9.53 Å². The lowest BCUT2D eigenvalue weighted by molar-refractivity contribution is -0.166. The van der Waals surface area contributed by atoms with Crippen LogP contribution in [0.5, 0.6) is 0 Å². The van der Waals surface area contributed by atoms with Gasteiger partial charge in [-0.05, 0) is 41.1 Å². The Labute approximate surface area is 132 Å². The van der Waals surface area contributed by atoms with Gasteiger partial charge < -0.3 is 15.8 Å². The summed E-state index contributed by atoms with van der Waals surface area (Å²) in [7, 11) is 0. The number of carbonyl (C=O) groups is 1. The number of benzene rings is 1. The van der Waals surface area contributed by atoms with Gasteiger partial charge in [-0.25, -0.2) is 4.39 Å². The molecule has 1 aliphatic rings. The molecule has 0 radical (unpaired) electrons. The van der Waals surface area contributed by atoms with E-state index in [1.54, 1.807) is 0 Å². The largest absolute Gasteiger partial charge is 0.378 e. The van der Waals surface area contributed by atoms with Gasteiger partial charge in [-0.3, -0.25) is 4.79 Å². The Hall–Kier alpha value is -0.980. The Bertz CT molecular complexity index is 565. The van der Waals surface area contributed by atoms with Crippen molar-refractivity contribution in [1.29, 1.82) is 0 Å². The first-order valence-corrected chi connectivity index (χ1v) is 7.68. The van der Waals surface area contributed by atoms with Crippen LogP contribution in [0, 0.1) is 11.2 Å². The molecule has 0 spiro atoms. The highest BCUT2D eigenvalue weighted by Crippen LogP contribution is 2.50. The van der Waals surface area contributed by atoms with Gasteiger partial charge in [0, 0.05) is 24.1 Å². The number of nitrogens with one attached hydrogen (secondary N) is 1. The van der Waals surface area contributed by atoms with E-state index in [4.69, 9.17) is 10.5 Å². The molecule has 4 nitrogen and oxygen atoms in total. The van der Waals surface area contributed by atoms with Gasteiger partial charge in [0.2, 0.25) is 5.91 Å². The van der Waals surface area contributed by atoms with E-state index in [1.807, 2.05) is 20.8 Å². The average molecular weight is 359 g/mol. The second-order valence-electron chi connectivity index (χ2n) is 5.92. The summed E-state index contributed by atoms with van der Waals surface area (Å²) < 4.78 is 19.1. The maximum absolute atomic E-state index is 13.2. The molecule has 1 aromatic rings. The summed E-state index contributed by atoms with van der Waals surface area (Å²) in [5, 5.41) is 2.75. The van der Waals surface area contributed by atoms with Crippen LogP contribution in [0.4, 0.5) is 10.1 Å². The lowest BCUT2D eigenvalue weighted by Crippen LogP contribution is -2.74. The van der Waals surface area contributed by atoms with E-state index >= 15 is 0 Å². The third-order valence-corrected chi connectivity index (χ3v) is 5.02. The van der Waals surface area contributed by atoms with E-state index in [2.05, 4.69) is 21.2 Å². The number of hydrogen-bond donors (Lipinski definition) is 2. The van der Waals surface area contributed by atoms with Crippen molar-refractivity contribution in [3.63, 3.8) is 0 Å². The molecular weight excluding hydrogens is 339 g/mol. The number of halogens is 2. The average Bonchev–Trinajstić information content (AvgIpc) is 2.42. The summed E-state index contributed by atoms with van der Waals surface area (Å²) in [5.74, 6) is -0.655. The number of hydrogen-bond acceptors (Lipinski definition) is 3. The van der Waals surface area contributed by atoms with Crippen LogP contribution in [0.1, 0.15) is 27.2 Å². The molecule has 0 aromatic heterocycles. The summed E-state index contributed by atoms with van der Waals surface area (Å²) in [6, 6.07) is 4.31. The predicted molar refractivity (Wildman–Crippen MR) is 83.5 cm³/mol. The number of amides is 1. The fourth-order valence-electron chi connectivity index (χ4n) is 2.64. The maximum atomic E-state index is 13.2. The maximum Gasteiger partial charge on any atom is 0.245 e. The quantitative estimate of drug-likeness (QED) is 0.869. The number of rotatable bonds is 4. The standard InChI is InChI=1S/C15H20BrFN2O2/c1-4-21-12-8-15(18,14(12,2)3)13(20)19-9-5-6-11(17)10(16)7-9/h5-7,12H,4,8,18H2,1-3H3,(H,19,20). The Morgan fingerprint density at radius 2 is 2.24 bits per heavy atom. The van der Waals surface area contributed by atoms with E-state index in [1.165, 1.54) is 18.2 Å². The number of nitrogens with two attached hydrogens (primary N) is 1. The van der Waals surface area contributed by atoms with Gasteiger partial charge in [0.1, 0.15) is 11.4 Å². The smallest absolute Gasteiger partial charge is 0.245 e. The zero-order valence-corrected chi connectivity index (χ0v) is 14.0. The van der Waals surface area contributed by atoms with Crippen LogP contribution < -0.4 is 11.1 Å². The lowest BCUT2D eigenvalue weighted by atomic mass is 9.54. The summed E-state index contributed by atoms with van der Waals surface area (Å²) in [5.41, 5.74) is 5.34. The van der Waals surface area contributed by atoms with Crippen molar-refractivity contribution in [3.8, 4) is 0 Å². The third-order valence-electron chi connectivity index (χ3n) is 4.41. The second kappa shape index (κ2) is 5.66. The molecule has 2 atom stereocenters. The minimum atomic E-state index is -0.992. The molecule has 1 aromatic carbocycles. The zero-order valence-electron chi connectivity index (χ0n) is 12.4. The first-order valence-electron chi connectivity index (χ1n) is 6.89.